The standard InChI is InChI=1S/C18H22.H2/c1-4-10-16(11-5-1)18(14-8-3-9-15-18)17-12-6-2-7-13-17;/h1-2,4-7,10-12,17H,3,8-9,13-15H2;1H. The first-order valence-corrected chi connectivity index (χ1v) is 7.31. The Hall–Kier alpha value is -1.30. The van der Waals surface area contributed by atoms with Crippen molar-refractivity contribution in [1.29, 1.82) is 0 Å². The lowest BCUT2D eigenvalue weighted by molar-refractivity contribution is 0.223. The van der Waals surface area contributed by atoms with Gasteiger partial charge in [0.1, 0.15) is 0 Å². The molecule has 18 heavy (non-hydrogen) atoms. The minimum absolute atomic E-state index is 0. The number of hydrogen-bond acceptors (Lipinski definition) is 0. The topological polar surface area (TPSA) is 0 Å². The second-order valence-corrected chi connectivity index (χ2v) is 5.74. The molecule has 1 unspecified atom stereocenters. The Morgan fingerprint density at radius 2 is 1.72 bits per heavy atom. The van der Waals surface area contributed by atoms with Gasteiger partial charge in [-0.1, -0.05) is 73.9 Å². The van der Waals surface area contributed by atoms with Crippen LogP contribution in [0.5, 0.6) is 0 Å². The van der Waals surface area contributed by atoms with Gasteiger partial charge in [-0.3, -0.25) is 0 Å². The SMILES string of the molecule is C1=CCC(C2(c3ccccc3)CCCCC2)C=C1.[HH]. The largest absolute Gasteiger partial charge is 0.0839 e. The van der Waals surface area contributed by atoms with Crippen LogP contribution in [0.15, 0.2) is 54.6 Å². The van der Waals surface area contributed by atoms with Crippen molar-refractivity contribution in [2.75, 3.05) is 0 Å². The van der Waals surface area contributed by atoms with Crippen LogP contribution >= 0.6 is 0 Å². The summed E-state index contributed by atoms with van der Waals surface area (Å²) >= 11 is 0. The lowest BCUT2D eigenvalue weighted by Crippen LogP contribution is -2.36. The molecule has 1 atom stereocenters. The smallest absolute Gasteiger partial charge is 0.00188 e. The van der Waals surface area contributed by atoms with Crippen molar-refractivity contribution in [2.24, 2.45) is 5.92 Å². The molecule has 1 aromatic rings. The summed E-state index contributed by atoms with van der Waals surface area (Å²) in [7, 11) is 0. The van der Waals surface area contributed by atoms with Crippen LogP contribution in [0.25, 0.3) is 0 Å². The van der Waals surface area contributed by atoms with Crippen LogP contribution in [0.2, 0.25) is 0 Å². The molecule has 0 aromatic heterocycles. The van der Waals surface area contributed by atoms with Gasteiger partial charge in [0.05, 0.1) is 0 Å². The van der Waals surface area contributed by atoms with Gasteiger partial charge in [0, 0.05) is 6.84 Å². The molecular weight excluding hydrogens is 216 g/mol. The van der Waals surface area contributed by atoms with E-state index in [2.05, 4.69) is 54.6 Å². The molecular formula is C18H24. The molecule has 1 saturated carbocycles. The fourth-order valence-corrected chi connectivity index (χ4v) is 3.82. The minimum atomic E-state index is 0. The van der Waals surface area contributed by atoms with Crippen LogP contribution in [-0.2, 0) is 5.41 Å². The maximum Gasteiger partial charge on any atom is 0.00188 e. The summed E-state index contributed by atoms with van der Waals surface area (Å²) in [6, 6.07) is 11.2. The minimum Gasteiger partial charge on any atom is -0.0839 e. The number of hydrogen-bond donors (Lipinski definition) is 0. The third-order valence-corrected chi connectivity index (χ3v) is 4.78. The molecule has 96 valence electrons. The third kappa shape index (κ3) is 2.05. The van der Waals surface area contributed by atoms with Crippen molar-refractivity contribution in [3.8, 4) is 0 Å². The fourth-order valence-electron chi connectivity index (χ4n) is 3.82. The van der Waals surface area contributed by atoms with Crippen molar-refractivity contribution >= 4 is 0 Å². The highest BCUT2D eigenvalue weighted by molar-refractivity contribution is 5.31. The van der Waals surface area contributed by atoms with Crippen molar-refractivity contribution in [3.63, 3.8) is 0 Å². The van der Waals surface area contributed by atoms with Gasteiger partial charge in [-0.25, -0.2) is 0 Å². The van der Waals surface area contributed by atoms with Crippen LogP contribution < -0.4 is 0 Å². The lowest BCUT2D eigenvalue weighted by atomic mass is 9.60. The summed E-state index contributed by atoms with van der Waals surface area (Å²) in [6.45, 7) is 0. The molecule has 1 fully saturated rings. The Bertz CT molecular complexity index is 438. The van der Waals surface area contributed by atoms with E-state index < -0.39 is 0 Å². The van der Waals surface area contributed by atoms with E-state index in [0.717, 1.165) is 0 Å². The van der Waals surface area contributed by atoms with E-state index in [1.54, 1.807) is 5.56 Å². The van der Waals surface area contributed by atoms with E-state index in [4.69, 9.17) is 0 Å². The molecule has 2 aliphatic carbocycles. The second-order valence-electron chi connectivity index (χ2n) is 5.74. The third-order valence-electron chi connectivity index (χ3n) is 4.78. The zero-order valence-corrected chi connectivity index (χ0v) is 11.0. The molecule has 0 saturated heterocycles. The Morgan fingerprint density at radius 3 is 2.39 bits per heavy atom. The fraction of sp³-hybridized carbons (Fsp3) is 0.444. The van der Waals surface area contributed by atoms with Crippen LogP contribution in [0.1, 0.15) is 45.5 Å². The number of benzene rings is 1. The van der Waals surface area contributed by atoms with Gasteiger partial charge in [0.2, 0.25) is 0 Å². The molecule has 0 aliphatic heterocycles. The summed E-state index contributed by atoms with van der Waals surface area (Å²) in [5.41, 5.74) is 1.97. The van der Waals surface area contributed by atoms with Crippen molar-refractivity contribution in [2.45, 2.75) is 43.9 Å². The molecule has 1 aromatic carbocycles. The summed E-state index contributed by atoms with van der Waals surface area (Å²) in [5.74, 6) is 0.699. The predicted octanol–water partition coefficient (Wildman–Crippen LogP) is 5.27. The Morgan fingerprint density at radius 1 is 0.944 bits per heavy atom. The Labute approximate surface area is 112 Å². The summed E-state index contributed by atoms with van der Waals surface area (Å²) in [5, 5.41) is 0. The lowest BCUT2D eigenvalue weighted by Gasteiger charge is -2.43. The van der Waals surface area contributed by atoms with Gasteiger partial charge < -0.3 is 0 Å². The first-order valence-electron chi connectivity index (χ1n) is 7.31. The molecule has 0 radical (unpaired) electrons. The van der Waals surface area contributed by atoms with Gasteiger partial charge in [-0.05, 0) is 30.7 Å². The van der Waals surface area contributed by atoms with Gasteiger partial charge in [0.25, 0.3) is 0 Å². The second kappa shape index (κ2) is 5.14. The maximum absolute atomic E-state index is 2.44. The van der Waals surface area contributed by atoms with E-state index in [9.17, 15) is 0 Å². The average molecular weight is 240 g/mol. The summed E-state index contributed by atoms with van der Waals surface area (Å²) in [4.78, 5) is 0. The van der Waals surface area contributed by atoms with E-state index >= 15 is 0 Å². The molecule has 0 nitrogen and oxygen atoms in total. The maximum atomic E-state index is 2.44. The first-order chi connectivity index (χ1) is 8.92. The van der Waals surface area contributed by atoms with Crippen molar-refractivity contribution in [3.05, 3.63) is 60.2 Å². The molecule has 0 heterocycles. The van der Waals surface area contributed by atoms with Crippen LogP contribution in [0.4, 0.5) is 0 Å². The number of rotatable bonds is 2. The molecule has 3 rings (SSSR count). The zero-order chi connectivity index (χ0) is 12.3. The molecule has 2 aliphatic rings. The highest BCUT2D eigenvalue weighted by atomic mass is 14.4. The van der Waals surface area contributed by atoms with Gasteiger partial charge in [-0.2, -0.15) is 0 Å². The highest BCUT2D eigenvalue weighted by Gasteiger charge is 2.39. The zero-order valence-electron chi connectivity index (χ0n) is 11.0. The monoisotopic (exact) mass is 240 g/mol. The molecule has 0 amide bonds. The van der Waals surface area contributed by atoms with Crippen molar-refractivity contribution in [1.82, 2.24) is 0 Å². The summed E-state index contributed by atoms with van der Waals surface area (Å²) in [6.07, 6.45) is 17.4. The van der Waals surface area contributed by atoms with Crippen molar-refractivity contribution < 1.29 is 1.43 Å². The van der Waals surface area contributed by atoms with Gasteiger partial charge in [-0.15, -0.1) is 0 Å². The van der Waals surface area contributed by atoms with Crippen LogP contribution in [0.3, 0.4) is 0 Å². The number of allylic oxidation sites excluding steroid dienone is 4. The first kappa shape index (κ1) is 11.8. The molecule has 0 spiro atoms. The highest BCUT2D eigenvalue weighted by Crippen LogP contribution is 2.47. The normalized spacial score (nSPS) is 26.1. The van der Waals surface area contributed by atoms with Crippen LogP contribution in [-0.4, -0.2) is 0 Å². The Balaban J connectivity index is 0.00000133. The quantitative estimate of drug-likeness (QED) is 0.661. The average Bonchev–Trinajstić information content (AvgIpc) is 2.50. The summed E-state index contributed by atoms with van der Waals surface area (Å²) < 4.78 is 0. The van der Waals surface area contributed by atoms with E-state index in [1.165, 1.54) is 38.5 Å². The molecule has 0 bridgehead atoms. The van der Waals surface area contributed by atoms with Gasteiger partial charge >= 0.3 is 0 Å². The van der Waals surface area contributed by atoms with Crippen LogP contribution in [0, 0.1) is 5.92 Å². The molecule has 0 N–H and O–H groups in total. The predicted molar refractivity (Wildman–Crippen MR) is 79.7 cm³/mol. The van der Waals surface area contributed by atoms with E-state index in [-0.39, 0.29) is 1.43 Å². The van der Waals surface area contributed by atoms with E-state index in [0.29, 0.717) is 11.3 Å². The Kier molecular flexibility index (Phi) is 3.36. The van der Waals surface area contributed by atoms with Gasteiger partial charge in [0.15, 0.2) is 0 Å². The molecule has 0 heteroatoms. The van der Waals surface area contributed by atoms with E-state index in [1.807, 2.05) is 0 Å².